The number of aryl methyl sites for hydroxylation is 1. The molecule has 2 heterocycles. The predicted octanol–water partition coefficient (Wildman–Crippen LogP) is 4.40. The number of aromatic nitrogens is 1. The summed E-state index contributed by atoms with van der Waals surface area (Å²) < 4.78 is 5.24. The van der Waals surface area contributed by atoms with Crippen LogP contribution in [0.4, 0.5) is 5.00 Å². The zero-order valence-corrected chi connectivity index (χ0v) is 14.1. The number of benzene rings is 1. The van der Waals surface area contributed by atoms with Crippen LogP contribution in [0.2, 0.25) is 0 Å². The zero-order chi connectivity index (χ0) is 17.1. The standard InChI is InChI=1S/C18H15N3O2S/c1-3-13-11(2)24-18(14(13)10-19)20-17(22)15-9-16(23-21-15)12-7-5-4-6-8-12/h4-9H,3H2,1-2H3,(H,20,22). The normalized spacial score (nSPS) is 10.4. The molecule has 120 valence electrons. The van der Waals surface area contributed by atoms with Crippen molar-refractivity contribution in [1.82, 2.24) is 5.16 Å². The molecule has 0 unspecified atom stereocenters. The van der Waals surface area contributed by atoms with Crippen LogP contribution in [0.5, 0.6) is 0 Å². The van der Waals surface area contributed by atoms with E-state index in [1.54, 1.807) is 6.07 Å². The summed E-state index contributed by atoms with van der Waals surface area (Å²) >= 11 is 1.40. The van der Waals surface area contributed by atoms with E-state index in [0.29, 0.717) is 16.3 Å². The van der Waals surface area contributed by atoms with E-state index in [9.17, 15) is 10.1 Å². The first kappa shape index (κ1) is 16.0. The second-order valence-electron chi connectivity index (χ2n) is 5.20. The molecule has 6 heteroatoms. The van der Waals surface area contributed by atoms with Gasteiger partial charge in [-0.15, -0.1) is 11.3 Å². The van der Waals surface area contributed by atoms with Crippen LogP contribution in [0.15, 0.2) is 40.9 Å². The van der Waals surface area contributed by atoms with Crippen molar-refractivity contribution in [2.75, 3.05) is 5.32 Å². The van der Waals surface area contributed by atoms with Crippen molar-refractivity contribution in [1.29, 1.82) is 5.26 Å². The molecule has 0 bridgehead atoms. The number of carbonyl (C=O) groups is 1. The van der Waals surface area contributed by atoms with Crippen molar-refractivity contribution < 1.29 is 9.32 Å². The summed E-state index contributed by atoms with van der Waals surface area (Å²) in [5.74, 6) is 0.138. The van der Waals surface area contributed by atoms with Gasteiger partial charge in [-0.1, -0.05) is 42.4 Å². The molecule has 1 amide bonds. The maximum atomic E-state index is 12.4. The van der Waals surface area contributed by atoms with Gasteiger partial charge in [0.25, 0.3) is 5.91 Å². The molecule has 0 aliphatic rings. The van der Waals surface area contributed by atoms with Gasteiger partial charge in [-0.3, -0.25) is 4.79 Å². The summed E-state index contributed by atoms with van der Waals surface area (Å²) in [5, 5.41) is 16.5. The number of nitrogens with zero attached hydrogens (tertiary/aromatic N) is 2. The Morgan fingerprint density at radius 1 is 1.38 bits per heavy atom. The highest BCUT2D eigenvalue weighted by molar-refractivity contribution is 7.16. The molecule has 0 atom stereocenters. The summed E-state index contributed by atoms with van der Waals surface area (Å²) in [7, 11) is 0. The predicted molar refractivity (Wildman–Crippen MR) is 93.0 cm³/mol. The lowest BCUT2D eigenvalue weighted by Gasteiger charge is -2.00. The van der Waals surface area contributed by atoms with Gasteiger partial charge in [-0.2, -0.15) is 5.26 Å². The van der Waals surface area contributed by atoms with E-state index >= 15 is 0 Å². The highest BCUT2D eigenvalue weighted by atomic mass is 32.1. The molecule has 0 spiro atoms. The monoisotopic (exact) mass is 337 g/mol. The lowest BCUT2D eigenvalue weighted by Crippen LogP contribution is -2.12. The number of amides is 1. The van der Waals surface area contributed by atoms with Crippen LogP contribution in [0, 0.1) is 18.3 Å². The second-order valence-corrected chi connectivity index (χ2v) is 6.43. The summed E-state index contributed by atoms with van der Waals surface area (Å²) in [6.45, 7) is 3.94. The van der Waals surface area contributed by atoms with E-state index in [0.717, 1.165) is 22.4 Å². The van der Waals surface area contributed by atoms with E-state index < -0.39 is 0 Å². The minimum atomic E-state index is -0.388. The number of carbonyl (C=O) groups excluding carboxylic acids is 1. The molecule has 3 aromatic rings. The molecule has 1 aromatic carbocycles. The molecular weight excluding hydrogens is 322 g/mol. The Labute approximate surface area is 143 Å². The number of hydrogen-bond donors (Lipinski definition) is 1. The van der Waals surface area contributed by atoms with Crippen molar-refractivity contribution in [2.24, 2.45) is 0 Å². The maximum Gasteiger partial charge on any atom is 0.278 e. The molecule has 0 aliphatic carbocycles. The number of thiophene rings is 1. The molecular formula is C18H15N3O2S. The Morgan fingerprint density at radius 3 is 2.79 bits per heavy atom. The molecule has 0 saturated carbocycles. The van der Waals surface area contributed by atoms with Crippen molar-refractivity contribution in [3.63, 3.8) is 0 Å². The van der Waals surface area contributed by atoms with E-state index in [1.807, 2.05) is 44.2 Å². The fraction of sp³-hybridized carbons (Fsp3) is 0.167. The summed E-state index contributed by atoms with van der Waals surface area (Å²) in [4.78, 5) is 13.4. The quantitative estimate of drug-likeness (QED) is 0.765. The van der Waals surface area contributed by atoms with Gasteiger partial charge in [0.1, 0.15) is 11.1 Å². The third kappa shape index (κ3) is 2.94. The molecule has 0 saturated heterocycles. The first-order chi connectivity index (χ1) is 11.6. The average Bonchev–Trinajstić information content (AvgIpc) is 3.20. The van der Waals surface area contributed by atoms with Gasteiger partial charge in [0.15, 0.2) is 11.5 Å². The van der Waals surface area contributed by atoms with Gasteiger partial charge in [-0.05, 0) is 18.9 Å². The minimum Gasteiger partial charge on any atom is -0.355 e. The van der Waals surface area contributed by atoms with E-state index in [-0.39, 0.29) is 11.6 Å². The van der Waals surface area contributed by atoms with Crippen molar-refractivity contribution in [3.8, 4) is 17.4 Å². The Morgan fingerprint density at radius 2 is 2.12 bits per heavy atom. The number of hydrogen-bond acceptors (Lipinski definition) is 5. The SMILES string of the molecule is CCc1c(C)sc(NC(=O)c2cc(-c3ccccc3)on2)c1C#N. The van der Waals surface area contributed by atoms with E-state index in [1.165, 1.54) is 11.3 Å². The van der Waals surface area contributed by atoms with Gasteiger partial charge in [0.05, 0.1) is 5.56 Å². The summed E-state index contributed by atoms with van der Waals surface area (Å²) in [5.41, 5.74) is 2.53. The third-order valence-electron chi connectivity index (χ3n) is 3.70. The van der Waals surface area contributed by atoms with Crippen LogP contribution >= 0.6 is 11.3 Å². The van der Waals surface area contributed by atoms with Crippen LogP contribution in [0.3, 0.4) is 0 Å². The van der Waals surface area contributed by atoms with Gasteiger partial charge in [0.2, 0.25) is 0 Å². The van der Waals surface area contributed by atoms with Crippen molar-refractivity contribution >= 4 is 22.2 Å². The Balaban J connectivity index is 1.84. The first-order valence-electron chi connectivity index (χ1n) is 7.49. The molecule has 0 fully saturated rings. The number of rotatable bonds is 4. The Kier molecular flexibility index (Phi) is 4.45. The topological polar surface area (TPSA) is 78.9 Å². The van der Waals surface area contributed by atoms with E-state index in [2.05, 4.69) is 16.5 Å². The van der Waals surface area contributed by atoms with E-state index in [4.69, 9.17) is 4.52 Å². The second kappa shape index (κ2) is 6.69. The third-order valence-corrected chi connectivity index (χ3v) is 4.77. The highest BCUT2D eigenvalue weighted by Gasteiger charge is 2.19. The van der Waals surface area contributed by atoms with Crippen molar-refractivity contribution in [2.45, 2.75) is 20.3 Å². The summed E-state index contributed by atoms with van der Waals surface area (Å²) in [6.07, 6.45) is 0.753. The van der Waals surface area contributed by atoms with Gasteiger partial charge < -0.3 is 9.84 Å². The highest BCUT2D eigenvalue weighted by Crippen LogP contribution is 2.33. The lowest BCUT2D eigenvalue weighted by atomic mass is 10.1. The van der Waals surface area contributed by atoms with Gasteiger partial charge in [-0.25, -0.2) is 0 Å². The van der Waals surface area contributed by atoms with Crippen LogP contribution < -0.4 is 5.32 Å². The minimum absolute atomic E-state index is 0.182. The molecule has 2 aromatic heterocycles. The first-order valence-corrected chi connectivity index (χ1v) is 8.31. The molecule has 5 nitrogen and oxygen atoms in total. The lowest BCUT2D eigenvalue weighted by molar-refractivity contribution is 0.101. The molecule has 3 rings (SSSR count). The van der Waals surface area contributed by atoms with Crippen LogP contribution in [0.1, 0.15) is 33.4 Å². The fourth-order valence-electron chi connectivity index (χ4n) is 2.50. The van der Waals surface area contributed by atoms with Crippen molar-refractivity contribution in [3.05, 3.63) is 58.1 Å². The molecule has 1 N–H and O–H groups in total. The van der Waals surface area contributed by atoms with Gasteiger partial charge in [0, 0.05) is 16.5 Å². The average molecular weight is 337 g/mol. The zero-order valence-electron chi connectivity index (χ0n) is 13.3. The van der Waals surface area contributed by atoms with Crippen LogP contribution in [0.25, 0.3) is 11.3 Å². The molecule has 24 heavy (non-hydrogen) atoms. The smallest absolute Gasteiger partial charge is 0.278 e. The van der Waals surface area contributed by atoms with Gasteiger partial charge >= 0.3 is 0 Å². The van der Waals surface area contributed by atoms with Crippen LogP contribution in [-0.4, -0.2) is 11.1 Å². The fourth-order valence-corrected chi connectivity index (χ4v) is 3.59. The summed E-state index contributed by atoms with van der Waals surface area (Å²) in [6, 6.07) is 13.2. The molecule has 0 radical (unpaired) electrons. The number of nitrogens with one attached hydrogen (secondary N) is 1. The molecule has 0 aliphatic heterocycles. The Hall–Kier alpha value is -2.91. The number of anilines is 1. The Bertz CT molecular complexity index is 920. The largest absolute Gasteiger partial charge is 0.355 e. The maximum absolute atomic E-state index is 12.4. The van der Waals surface area contributed by atoms with Crippen LogP contribution in [-0.2, 0) is 6.42 Å². The number of nitriles is 1.